The summed E-state index contributed by atoms with van der Waals surface area (Å²) in [6.45, 7) is 15.0. The van der Waals surface area contributed by atoms with Gasteiger partial charge in [0.1, 0.15) is 17.7 Å². The Morgan fingerprint density at radius 1 is 0.863 bits per heavy atom. The minimum absolute atomic E-state index is 0.340. The molecule has 0 saturated carbocycles. The van der Waals surface area contributed by atoms with Crippen molar-refractivity contribution in [3.05, 3.63) is 95.2 Å². The zero-order chi connectivity index (χ0) is 37.2. The van der Waals surface area contributed by atoms with Crippen molar-refractivity contribution in [3.63, 3.8) is 0 Å². The third-order valence-electron chi connectivity index (χ3n) is 8.87. The van der Waals surface area contributed by atoms with Crippen molar-refractivity contribution in [1.82, 2.24) is 14.6 Å². The van der Waals surface area contributed by atoms with Crippen LogP contribution in [0, 0.1) is 12.0 Å². The van der Waals surface area contributed by atoms with E-state index in [-0.39, 0.29) is 0 Å². The van der Waals surface area contributed by atoms with Crippen LogP contribution in [-0.4, -0.2) is 46.9 Å². The van der Waals surface area contributed by atoms with Crippen LogP contribution in [0.3, 0.4) is 0 Å². The molecule has 0 aliphatic heterocycles. The first-order valence-electron chi connectivity index (χ1n) is 18.6. The summed E-state index contributed by atoms with van der Waals surface area (Å²) in [7, 11) is 4.22. The molecule has 2 aromatic heterocycles. The Kier molecular flexibility index (Phi) is 17.1. The number of benzene rings is 3. The zero-order valence-electron chi connectivity index (χ0n) is 32.3. The molecule has 0 saturated heterocycles. The van der Waals surface area contributed by atoms with Crippen LogP contribution in [0.1, 0.15) is 108 Å². The molecule has 2 heterocycles. The van der Waals surface area contributed by atoms with E-state index in [0.29, 0.717) is 18.4 Å². The summed E-state index contributed by atoms with van der Waals surface area (Å²) in [5.74, 6) is 4.78. The van der Waals surface area contributed by atoms with Gasteiger partial charge in [0.2, 0.25) is 0 Å². The summed E-state index contributed by atoms with van der Waals surface area (Å²) in [5, 5.41) is 22.0. The van der Waals surface area contributed by atoms with Crippen molar-refractivity contribution in [3.8, 4) is 12.0 Å². The molecule has 1 unspecified atom stereocenters. The smallest absolute Gasteiger partial charge is 0.163 e. The van der Waals surface area contributed by atoms with Gasteiger partial charge >= 0.3 is 0 Å². The van der Waals surface area contributed by atoms with E-state index >= 15 is 0 Å². The highest BCUT2D eigenvalue weighted by molar-refractivity contribution is 5.96. The Hall–Kier alpha value is -4.74. The minimum atomic E-state index is 0.340. The van der Waals surface area contributed by atoms with Crippen LogP contribution in [-0.2, 0) is 13.0 Å². The second kappa shape index (κ2) is 21.5. The summed E-state index contributed by atoms with van der Waals surface area (Å²) in [4.78, 5) is 7.12. The van der Waals surface area contributed by atoms with Crippen LogP contribution >= 0.6 is 0 Å². The summed E-state index contributed by atoms with van der Waals surface area (Å²) in [5.41, 5.74) is 13.0. The summed E-state index contributed by atoms with van der Waals surface area (Å²) in [6, 6.07) is 24.3. The van der Waals surface area contributed by atoms with Crippen molar-refractivity contribution < 1.29 is 5.11 Å². The monoisotopic (exact) mass is 691 g/mol. The van der Waals surface area contributed by atoms with E-state index in [4.69, 9.17) is 20.9 Å². The molecule has 51 heavy (non-hydrogen) atoms. The van der Waals surface area contributed by atoms with Crippen molar-refractivity contribution in [2.24, 2.45) is 5.73 Å². The number of nitrogens with one attached hydrogen (secondary N) is 2. The van der Waals surface area contributed by atoms with Crippen LogP contribution in [0.25, 0.3) is 16.4 Å². The number of aliphatic hydroxyl groups excluding tert-OH is 1. The molecule has 8 heteroatoms. The third kappa shape index (κ3) is 11.9. The number of nitrogens with two attached hydrogens (primary N) is 1. The Labute approximate surface area is 306 Å². The van der Waals surface area contributed by atoms with E-state index in [1.807, 2.05) is 10.7 Å². The molecule has 1 atom stereocenters. The number of anilines is 3. The van der Waals surface area contributed by atoms with Crippen molar-refractivity contribution in [1.29, 1.82) is 0 Å². The topological polar surface area (TPSA) is 104 Å². The SMILES string of the molecule is CC#CO.CC(C)c1cnn2c(NCc3cccc(CC(C)c4cccc5c(N(C)C)cccc45)c3)cc(NCCCCCN)nc12.CCCC. The largest absolute Gasteiger partial charge is 0.462 e. The molecule has 0 aliphatic rings. The molecule has 5 rings (SSSR count). The van der Waals surface area contributed by atoms with Crippen molar-refractivity contribution in [2.75, 3.05) is 42.7 Å². The van der Waals surface area contributed by atoms with Gasteiger partial charge in [-0.3, -0.25) is 0 Å². The van der Waals surface area contributed by atoms with Gasteiger partial charge in [-0.1, -0.05) is 114 Å². The lowest BCUT2D eigenvalue weighted by Crippen LogP contribution is -2.10. The van der Waals surface area contributed by atoms with Crippen molar-refractivity contribution in [2.45, 2.75) is 98.4 Å². The quantitative estimate of drug-likeness (QED) is 0.0640. The average Bonchev–Trinajstić information content (AvgIpc) is 3.58. The van der Waals surface area contributed by atoms with E-state index in [0.717, 1.165) is 61.6 Å². The van der Waals surface area contributed by atoms with Gasteiger partial charge in [0.05, 0.1) is 6.20 Å². The number of hydrogen-bond donors (Lipinski definition) is 4. The number of rotatable bonds is 15. The molecule has 8 nitrogen and oxygen atoms in total. The molecule has 274 valence electrons. The first kappa shape index (κ1) is 40.7. The lowest BCUT2D eigenvalue weighted by molar-refractivity contribution is 0.517. The van der Waals surface area contributed by atoms with Crippen LogP contribution < -0.4 is 21.3 Å². The molecule has 5 aromatic rings. The molecular weight excluding hydrogens is 631 g/mol. The molecule has 3 aromatic carbocycles. The van der Waals surface area contributed by atoms with Gasteiger partial charge in [-0.15, -0.1) is 0 Å². The summed E-state index contributed by atoms with van der Waals surface area (Å²) < 4.78 is 1.93. The number of aromatic nitrogens is 3. The zero-order valence-corrected chi connectivity index (χ0v) is 32.3. The maximum Gasteiger partial charge on any atom is 0.163 e. The van der Waals surface area contributed by atoms with E-state index in [2.05, 4.69) is 137 Å². The van der Waals surface area contributed by atoms with Crippen LogP contribution in [0.4, 0.5) is 17.3 Å². The number of aliphatic hydroxyl groups is 1. The Balaban J connectivity index is 0.000000795. The number of fused-ring (bicyclic) bond motifs is 2. The molecule has 0 bridgehead atoms. The molecule has 0 amide bonds. The molecular formula is C43H61N7O. The second-order valence-corrected chi connectivity index (χ2v) is 13.5. The molecule has 0 spiro atoms. The minimum Gasteiger partial charge on any atom is -0.462 e. The number of unbranched alkanes of at least 4 members (excludes halogenated alkanes) is 3. The molecule has 5 N–H and O–H groups in total. The highest BCUT2D eigenvalue weighted by Crippen LogP contribution is 2.33. The van der Waals surface area contributed by atoms with Gasteiger partial charge in [-0.25, -0.2) is 4.98 Å². The molecule has 0 radical (unpaired) electrons. The number of hydrogen-bond acceptors (Lipinski definition) is 7. The highest BCUT2D eigenvalue weighted by Gasteiger charge is 2.15. The fraction of sp³-hybridized carbons (Fsp3) is 0.442. The lowest BCUT2D eigenvalue weighted by Gasteiger charge is -2.20. The normalized spacial score (nSPS) is 11.2. The third-order valence-corrected chi connectivity index (χ3v) is 8.87. The van der Waals surface area contributed by atoms with Gasteiger partial charge in [0, 0.05) is 56.8 Å². The highest BCUT2D eigenvalue weighted by atomic mass is 16.2. The lowest BCUT2D eigenvalue weighted by atomic mass is 9.89. The van der Waals surface area contributed by atoms with Crippen LogP contribution in [0.15, 0.2) is 72.9 Å². The van der Waals surface area contributed by atoms with E-state index < -0.39 is 0 Å². The fourth-order valence-electron chi connectivity index (χ4n) is 5.93. The van der Waals surface area contributed by atoms with E-state index in [9.17, 15) is 0 Å². The van der Waals surface area contributed by atoms with Crippen LogP contribution in [0.2, 0.25) is 0 Å². The predicted octanol–water partition coefficient (Wildman–Crippen LogP) is 9.72. The fourth-order valence-corrected chi connectivity index (χ4v) is 5.93. The van der Waals surface area contributed by atoms with Crippen molar-refractivity contribution >= 4 is 33.7 Å². The van der Waals surface area contributed by atoms with Gasteiger partial charge in [0.25, 0.3) is 0 Å². The van der Waals surface area contributed by atoms with Crippen LogP contribution in [0.5, 0.6) is 0 Å². The Bertz CT molecular complexity index is 1830. The number of nitrogens with zero attached hydrogens (tertiary/aromatic N) is 4. The summed E-state index contributed by atoms with van der Waals surface area (Å²) in [6.07, 6.45) is 10.5. The summed E-state index contributed by atoms with van der Waals surface area (Å²) >= 11 is 0. The van der Waals surface area contributed by atoms with E-state index in [1.165, 1.54) is 46.0 Å². The average molecular weight is 692 g/mol. The Morgan fingerprint density at radius 3 is 2.22 bits per heavy atom. The first-order valence-corrected chi connectivity index (χ1v) is 18.6. The molecule has 0 aliphatic carbocycles. The molecule has 0 fully saturated rings. The van der Waals surface area contributed by atoms with Gasteiger partial charge < -0.3 is 26.4 Å². The Morgan fingerprint density at radius 2 is 1.55 bits per heavy atom. The standard InChI is InChI=1S/C36H47N7.C4H10.C3H4O/c1-25(2)32-24-40-43-35(22-34(41-36(32)43)38-19-8-6-7-18-37)39-23-28-13-9-12-27(21-28)20-26(3)29-14-10-16-31-30(29)15-11-17-33(31)42(4)5;1-3-4-2;1-2-3-4/h9-17,21-22,24-26,39H,6-8,18-20,23,37H2,1-5H3,(H,38,41);3-4H2,1-2H3;4H,1H3. The predicted molar refractivity (Wildman–Crippen MR) is 219 cm³/mol. The van der Waals surface area contributed by atoms with Gasteiger partial charge in [-0.05, 0) is 65.8 Å². The maximum atomic E-state index is 7.51. The first-order chi connectivity index (χ1) is 24.7. The van der Waals surface area contributed by atoms with E-state index in [1.54, 1.807) is 13.0 Å². The second-order valence-electron chi connectivity index (χ2n) is 13.5. The van der Waals surface area contributed by atoms with Gasteiger partial charge in [0.15, 0.2) is 5.65 Å². The van der Waals surface area contributed by atoms with Gasteiger partial charge in [-0.2, -0.15) is 9.61 Å². The maximum absolute atomic E-state index is 7.51.